The lowest BCUT2D eigenvalue weighted by molar-refractivity contribution is -0.286. The number of nitrogens with zero attached hydrogens (tertiary/aromatic N) is 2. The Hall–Kier alpha value is -2.85. The number of unbranched alkanes of at least 4 members (excludes halogenated alkanes) is 1. The second-order valence-corrected chi connectivity index (χ2v) is 5.35. The molecule has 0 saturated carbocycles. The van der Waals surface area contributed by atoms with E-state index >= 15 is 0 Å². The van der Waals surface area contributed by atoms with E-state index in [4.69, 9.17) is 5.73 Å². The van der Waals surface area contributed by atoms with Gasteiger partial charge in [-0.1, -0.05) is 18.5 Å². The van der Waals surface area contributed by atoms with Crippen LogP contribution in [0, 0.1) is 0 Å². The molecular formula is C16H21F3N4O4. The lowest BCUT2D eigenvalue weighted by atomic mass is 10.1. The highest BCUT2D eigenvalue weighted by Gasteiger charge is 2.67. The molecule has 0 aliphatic rings. The van der Waals surface area contributed by atoms with Gasteiger partial charge in [-0.2, -0.15) is 13.2 Å². The van der Waals surface area contributed by atoms with Crippen molar-refractivity contribution in [2.75, 3.05) is 6.61 Å². The monoisotopic (exact) mass is 390 g/mol. The van der Waals surface area contributed by atoms with Crippen LogP contribution in [0.2, 0.25) is 0 Å². The highest BCUT2D eigenvalue weighted by atomic mass is 19.4. The minimum absolute atomic E-state index is 0.210. The summed E-state index contributed by atoms with van der Waals surface area (Å²) >= 11 is 0. The quantitative estimate of drug-likeness (QED) is 0.219. The normalized spacial score (nSPS) is 14.2. The molecule has 0 fully saturated rings. The van der Waals surface area contributed by atoms with Crippen LogP contribution < -0.4 is 11.1 Å². The summed E-state index contributed by atoms with van der Waals surface area (Å²) in [5, 5.41) is 4.76. The van der Waals surface area contributed by atoms with Gasteiger partial charge >= 0.3 is 17.9 Å². The van der Waals surface area contributed by atoms with Crippen LogP contribution in [-0.2, 0) is 19.2 Å². The summed E-state index contributed by atoms with van der Waals surface area (Å²) in [5.74, 6) is -3.34. The van der Waals surface area contributed by atoms with Crippen LogP contribution in [0.5, 0.6) is 0 Å². The molecule has 1 rings (SSSR count). The lowest BCUT2D eigenvalue weighted by Gasteiger charge is -2.31. The smallest absolute Gasteiger partial charge is 0.461 e. The van der Waals surface area contributed by atoms with Gasteiger partial charge in [0.2, 0.25) is 5.91 Å². The van der Waals surface area contributed by atoms with Crippen LogP contribution >= 0.6 is 0 Å². The number of rotatable bonds is 9. The van der Waals surface area contributed by atoms with Crippen molar-refractivity contribution < 1.29 is 32.3 Å². The minimum atomic E-state index is -5.36. The summed E-state index contributed by atoms with van der Waals surface area (Å²) in [5.41, 5.74) is 1.99. The van der Waals surface area contributed by atoms with E-state index in [0.717, 1.165) is 0 Å². The van der Waals surface area contributed by atoms with Crippen LogP contribution in [0.3, 0.4) is 0 Å². The Morgan fingerprint density at radius 2 is 1.89 bits per heavy atom. The Kier molecular flexibility index (Phi) is 8.00. The van der Waals surface area contributed by atoms with Crippen molar-refractivity contribution in [1.29, 1.82) is 0 Å². The molecule has 8 nitrogen and oxygen atoms in total. The van der Waals surface area contributed by atoms with Gasteiger partial charge in [0.05, 0.1) is 6.61 Å². The molecule has 1 aromatic rings. The number of alkyl halides is 3. The molecule has 0 spiro atoms. The predicted molar refractivity (Wildman–Crippen MR) is 89.1 cm³/mol. The Balaban J connectivity index is 3.25. The number of nitrogens with one attached hydrogen (secondary N) is 1. The number of esters is 1. The van der Waals surface area contributed by atoms with Gasteiger partial charge in [-0.15, -0.1) is 0 Å². The van der Waals surface area contributed by atoms with Gasteiger partial charge in [0, 0.05) is 24.4 Å². The molecule has 0 saturated heterocycles. The molecule has 1 atom stereocenters. The molecule has 27 heavy (non-hydrogen) atoms. The largest absolute Gasteiger partial charge is 0.463 e. The van der Waals surface area contributed by atoms with Gasteiger partial charge in [0.1, 0.15) is 0 Å². The molecule has 0 aromatic carbocycles. The van der Waals surface area contributed by atoms with Gasteiger partial charge in [0.15, 0.2) is 5.84 Å². The summed E-state index contributed by atoms with van der Waals surface area (Å²) in [7, 11) is 0. The number of amides is 1. The van der Waals surface area contributed by atoms with Crippen LogP contribution in [0.15, 0.2) is 29.7 Å². The summed E-state index contributed by atoms with van der Waals surface area (Å²) in [6, 6.07) is 2.75. The van der Waals surface area contributed by atoms with Gasteiger partial charge in [0.25, 0.3) is 0 Å². The number of pyridine rings is 1. The first-order valence-electron chi connectivity index (χ1n) is 8.15. The SMILES string of the molecule is CCCCC(=O)NC(ON=C(N)c1ccncc1)(C(=O)OCC)C(F)(F)F. The fourth-order valence-corrected chi connectivity index (χ4v) is 1.87. The number of amidine groups is 1. The fourth-order valence-electron chi connectivity index (χ4n) is 1.87. The highest BCUT2D eigenvalue weighted by molar-refractivity contribution is 5.97. The molecule has 1 heterocycles. The number of ether oxygens (including phenoxy) is 1. The number of oxime groups is 1. The van der Waals surface area contributed by atoms with E-state index in [9.17, 15) is 22.8 Å². The van der Waals surface area contributed by atoms with E-state index in [2.05, 4.69) is 19.7 Å². The number of hydrogen-bond acceptors (Lipinski definition) is 6. The minimum Gasteiger partial charge on any atom is -0.461 e. The van der Waals surface area contributed by atoms with Crippen LogP contribution in [0.25, 0.3) is 0 Å². The average Bonchev–Trinajstić information content (AvgIpc) is 2.63. The van der Waals surface area contributed by atoms with Crippen molar-refractivity contribution in [2.45, 2.75) is 45.0 Å². The maximum Gasteiger partial charge on any atom is 0.463 e. The van der Waals surface area contributed by atoms with Crippen molar-refractivity contribution in [2.24, 2.45) is 10.9 Å². The van der Waals surface area contributed by atoms with E-state index in [-0.39, 0.29) is 18.6 Å². The molecular weight excluding hydrogens is 369 g/mol. The summed E-state index contributed by atoms with van der Waals surface area (Å²) in [4.78, 5) is 32.2. The van der Waals surface area contributed by atoms with Gasteiger partial charge in [-0.3, -0.25) is 15.1 Å². The Labute approximate surface area is 153 Å². The first-order valence-corrected chi connectivity index (χ1v) is 8.15. The maximum absolute atomic E-state index is 13.7. The van der Waals surface area contributed by atoms with Crippen LogP contribution in [0.1, 0.15) is 38.7 Å². The van der Waals surface area contributed by atoms with E-state index < -0.39 is 29.6 Å². The number of halogens is 3. The Bertz CT molecular complexity index is 667. The molecule has 0 aliphatic carbocycles. The van der Waals surface area contributed by atoms with E-state index in [1.54, 1.807) is 12.2 Å². The van der Waals surface area contributed by atoms with Crippen molar-refractivity contribution in [3.63, 3.8) is 0 Å². The number of nitrogens with two attached hydrogens (primary N) is 1. The topological polar surface area (TPSA) is 116 Å². The zero-order valence-electron chi connectivity index (χ0n) is 14.9. The number of carbonyl (C=O) groups is 2. The molecule has 1 amide bonds. The van der Waals surface area contributed by atoms with Crippen LogP contribution in [0.4, 0.5) is 13.2 Å². The second-order valence-electron chi connectivity index (χ2n) is 5.35. The highest BCUT2D eigenvalue weighted by Crippen LogP contribution is 2.33. The Morgan fingerprint density at radius 1 is 1.26 bits per heavy atom. The first kappa shape index (κ1) is 22.2. The zero-order valence-corrected chi connectivity index (χ0v) is 14.9. The molecule has 0 radical (unpaired) electrons. The molecule has 3 N–H and O–H groups in total. The molecule has 0 bridgehead atoms. The zero-order chi connectivity index (χ0) is 20.5. The fraction of sp³-hybridized carbons (Fsp3) is 0.500. The molecule has 1 aromatic heterocycles. The predicted octanol–water partition coefficient (Wildman–Crippen LogP) is 1.85. The van der Waals surface area contributed by atoms with Gasteiger partial charge in [-0.05, 0) is 25.5 Å². The third kappa shape index (κ3) is 5.83. The van der Waals surface area contributed by atoms with Crippen molar-refractivity contribution in [3.8, 4) is 0 Å². The van der Waals surface area contributed by atoms with Crippen molar-refractivity contribution in [1.82, 2.24) is 10.3 Å². The summed E-state index contributed by atoms with van der Waals surface area (Å²) in [6.45, 7) is 2.70. The number of aromatic nitrogens is 1. The standard InChI is InChI=1S/C16H21F3N4O4/c1-3-5-6-12(24)22-15(16(17,18)19,14(25)26-4-2)27-23-13(20)11-7-9-21-10-8-11/h7-10H,3-6H2,1-2H3,(H2,20,23)(H,22,24). The lowest BCUT2D eigenvalue weighted by Crippen LogP contribution is -2.65. The van der Waals surface area contributed by atoms with E-state index in [0.29, 0.717) is 12.8 Å². The van der Waals surface area contributed by atoms with Crippen molar-refractivity contribution in [3.05, 3.63) is 30.1 Å². The third-order valence-electron chi connectivity index (χ3n) is 3.29. The maximum atomic E-state index is 13.7. The molecule has 0 aliphatic heterocycles. The van der Waals surface area contributed by atoms with Crippen LogP contribution in [-0.4, -0.2) is 41.2 Å². The third-order valence-corrected chi connectivity index (χ3v) is 3.29. The van der Waals surface area contributed by atoms with Gasteiger partial charge in [-0.25, -0.2) is 4.79 Å². The second kappa shape index (κ2) is 9.74. The number of carbonyl (C=O) groups excluding carboxylic acids is 2. The Morgan fingerprint density at radius 3 is 2.41 bits per heavy atom. The van der Waals surface area contributed by atoms with E-state index in [1.165, 1.54) is 31.5 Å². The molecule has 150 valence electrons. The van der Waals surface area contributed by atoms with Gasteiger partial charge < -0.3 is 15.3 Å². The summed E-state index contributed by atoms with van der Waals surface area (Å²) in [6.07, 6.45) is -2.02. The van der Waals surface area contributed by atoms with Crippen molar-refractivity contribution >= 4 is 17.7 Å². The summed E-state index contributed by atoms with van der Waals surface area (Å²) < 4.78 is 45.6. The van der Waals surface area contributed by atoms with E-state index in [1.807, 2.05) is 0 Å². The average molecular weight is 390 g/mol. The molecule has 1 unspecified atom stereocenters. The molecule has 11 heteroatoms. The number of hydrogen-bond donors (Lipinski definition) is 2. The first-order chi connectivity index (χ1) is 12.7.